The van der Waals surface area contributed by atoms with Crippen molar-refractivity contribution >= 4 is 21.6 Å². The van der Waals surface area contributed by atoms with Crippen LogP contribution in [0.25, 0.3) is 0 Å². The molecule has 1 amide bonds. The Kier molecular flexibility index (Phi) is 6.25. The van der Waals surface area contributed by atoms with Gasteiger partial charge >= 0.3 is 0 Å². The van der Waals surface area contributed by atoms with Crippen LogP contribution < -0.4 is 28.6 Å². The summed E-state index contributed by atoms with van der Waals surface area (Å²) in [5.74, 6) is 1.28. The van der Waals surface area contributed by atoms with Crippen LogP contribution in [0, 0.1) is 0 Å². The highest BCUT2D eigenvalue weighted by Crippen LogP contribution is 2.38. The van der Waals surface area contributed by atoms with E-state index in [9.17, 15) is 13.2 Å². The quantitative estimate of drug-likeness (QED) is 0.702. The van der Waals surface area contributed by atoms with Crippen LogP contribution in [0.3, 0.4) is 0 Å². The summed E-state index contributed by atoms with van der Waals surface area (Å²) in [5.41, 5.74) is 1.13. The number of rotatable bonds is 7. The van der Waals surface area contributed by atoms with Gasteiger partial charge in [0.25, 0.3) is 5.91 Å². The predicted octanol–water partition coefficient (Wildman–Crippen LogP) is 1.56. The van der Waals surface area contributed by atoms with Crippen LogP contribution in [0.2, 0.25) is 0 Å². The maximum atomic E-state index is 12.7. The molecule has 0 aromatic heterocycles. The first-order valence-corrected chi connectivity index (χ1v) is 10.9. The number of para-hydroxylation sites is 2. The van der Waals surface area contributed by atoms with Crippen molar-refractivity contribution in [2.45, 2.75) is 12.6 Å². The lowest BCUT2D eigenvalue weighted by molar-refractivity contribution is -0.127. The van der Waals surface area contributed by atoms with Crippen molar-refractivity contribution < 1.29 is 32.2 Å². The Morgan fingerprint density at radius 2 is 1.77 bits per heavy atom. The Balaban J connectivity index is 1.77. The molecule has 0 saturated carbocycles. The molecule has 9 nitrogen and oxygen atoms in total. The van der Waals surface area contributed by atoms with Crippen molar-refractivity contribution in [2.75, 3.05) is 38.4 Å². The molecule has 0 aliphatic carbocycles. The average Bonchev–Trinajstić information content (AvgIpc) is 2.74. The molecule has 1 heterocycles. The van der Waals surface area contributed by atoms with Crippen LogP contribution in [0.4, 0.5) is 5.69 Å². The highest BCUT2D eigenvalue weighted by molar-refractivity contribution is 7.92. The van der Waals surface area contributed by atoms with Gasteiger partial charge in [-0.25, -0.2) is 8.42 Å². The van der Waals surface area contributed by atoms with Gasteiger partial charge in [0, 0.05) is 6.54 Å². The molecule has 0 fully saturated rings. The maximum Gasteiger partial charge on any atom is 0.263 e. The van der Waals surface area contributed by atoms with E-state index in [1.165, 1.54) is 25.6 Å². The van der Waals surface area contributed by atoms with Crippen LogP contribution >= 0.6 is 0 Å². The van der Waals surface area contributed by atoms with Crippen LogP contribution in [0.5, 0.6) is 23.0 Å². The maximum absolute atomic E-state index is 12.7. The molecule has 0 radical (unpaired) electrons. The number of benzene rings is 2. The molecule has 1 aliphatic rings. The number of nitrogens with zero attached hydrogens (tertiary/aromatic N) is 1. The van der Waals surface area contributed by atoms with E-state index in [1.54, 1.807) is 36.4 Å². The summed E-state index contributed by atoms with van der Waals surface area (Å²) in [6.45, 7) is 0.0485. The van der Waals surface area contributed by atoms with Crippen molar-refractivity contribution in [1.82, 2.24) is 5.32 Å². The molecule has 162 valence electrons. The summed E-state index contributed by atoms with van der Waals surface area (Å²) < 4.78 is 47.2. The second kappa shape index (κ2) is 8.70. The zero-order valence-electron chi connectivity index (χ0n) is 17.2. The molecule has 30 heavy (non-hydrogen) atoms. The Labute approximate surface area is 175 Å². The number of fused-ring (bicyclic) bond motifs is 1. The van der Waals surface area contributed by atoms with Crippen LogP contribution in [-0.4, -0.2) is 54.6 Å². The Hall–Kier alpha value is -3.14. The summed E-state index contributed by atoms with van der Waals surface area (Å²) in [6, 6.07) is 10.1. The Bertz CT molecular complexity index is 1010. The first-order chi connectivity index (χ1) is 14.3. The van der Waals surface area contributed by atoms with E-state index in [2.05, 4.69) is 5.32 Å². The molecule has 1 aliphatic heterocycles. The third-order valence-electron chi connectivity index (χ3n) is 4.62. The SMILES string of the molecule is COc1cc(CNC(=O)C2CN(S(C)(=O)=O)c3ccccc3O2)cc(OC)c1OC. The molecule has 3 rings (SSSR count). The lowest BCUT2D eigenvalue weighted by Gasteiger charge is -2.33. The summed E-state index contributed by atoms with van der Waals surface area (Å²) >= 11 is 0. The number of methoxy groups -OCH3 is 3. The van der Waals surface area contributed by atoms with E-state index in [0.29, 0.717) is 34.2 Å². The second-order valence-electron chi connectivity index (χ2n) is 6.62. The lowest BCUT2D eigenvalue weighted by atomic mass is 10.1. The third kappa shape index (κ3) is 4.38. The number of anilines is 1. The molecule has 2 aromatic rings. The van der Waals surface area contributed by atoms with Gasteiger partial charge in [0.15, 0.2) is 17.6 Å². The standard InChI is InChI=1S/C20H24N2O7S/c1-26-16-9-13(10-17(27-2)19(16)28-3)11-21-20(23)18-12-22(30(4,24)25)14-7-5-6-8-15(14)29-18/h5-10,18H,11-12H2,1-4H3,(H,21,23). The zero-order valence-corrected chi connectivity index (χ0v) is 18.0. The fourth-order valence-corrected chi connectivity index (χ4v) is 4.11. The van der Waals surface area contributed by atoms with Crippen molar-refractivity contribution in [2.24, 2.45) is 0 Å². The zero-order chi connectivity index (χ0) is 21.9. The number of carbonyl (C=O) groups is 1. The van der Waals surface area contributed by atoms with Crippen molar-refractivity contribution in [3.8, 4) is 23.0 Å². The fourth-order valence-electron chi connectivity index (χ4n) is 3.19. The van der Waals surface area contributed by atoms with Gasteiger partial charge in [-0.2, -0.15) is 0 Å². The minimum atomic E-state index is -3.57. The predicted molar refractivity (Wildman–Crippen MR) is 111 cm³/mol. The third-order valence-corrected chi connectivity index (χ3v) is 5.77. The largest absolute Gasteiger partial charge is 0.493 e. The highest BCUT2D eigenvalue weighted by Gasteiger charge is 2.34. The molecule has 0 saturated heterocycles. The molecule has 1 atom stereocenters. The van der Waals surface area contributed by atoms with Crippen LogP contribution in [0.15, 0.2) is 36.4 Å². The number of hydrogen-bond donors (Lipinski definition) is 1. The summed E-state index contributed by atoms with van der Waals surface area (Å²) in [4.78, 5) is 12.7. The Morgan fingerprint density at radius 3 is 2.33 bits per heavy atom. The van der Waals surface area contributed by atoms with E-state index >= 15 is 0 Å². The molecule has 0 spiro atoms. The monoisotopic (exact) mass is 436 g/mol. The van der Waals surface area contributed by atoms with Gasteiger partial charge in [0.2, 0.25) is 15.8 Å². The molecular weight excluding hydrogens is 412 g/mol. The van der Waals surface area contributed by atoms with Gasteiger partial charge < -0.3 is 24.3 Å². The molecule has 0 bridgehead atoms. The topological polar surface area (TPSA) is 103 Å². The Morgan fingerprint density at radius 1 is 1.13 bits per heavy atom. The van der Waals surface area contributed by atoms with Crippen LogP contribution in [0.1, 0.15) is 5.56 Å². The smallest absolute Gasteiger partial charge is 0.263 e. The minimum absolute atomic E-state index is 0.114. The van der Waals surface area contributed by atoms with Gasteiger partial charge in [-0.15, -0.1) is 0 Å². The fraction of sp³-hybridized carbons (Fsp3) is 0.350. The second-order valence-corrected chi connectivity index (χ2v) is 8.53. The molecular formula is C20H24N2O7S. The number of carbonyl (C=O) groups excluding carboxylic acids is 1. The lowest BCUT2D eigenvalue weighted by Crippen LogP contribution is -2.50. The van der Waals surface area contributed by atoms with Crippen molar-refractivity contribution in [3.05, 3.63) is 42.0 Å². The highest BCUT2D eigenvalue weighted by atomic mass is 32.2. The summed E-state index contributed by atoms with van der Waals surface area (Å²) in [7, 11) is 0.949. The van der Waals surface area contributed by atoms with Crippen LogP contribution in [-0.2, 0) is 21.4 Å². The normalized spacial score (nSPS) is 15.6. The molecule has 10 heteroatoms. The molecule has 2 aromatic carbocycles. The molecule has 1 unspecified atom stereocenters. The van der Waals surface area contributed by atoms with Gasteiger partial charge in [0.05, 0.1) is 39.8 Å². The summed E-state index contributed by atoms with van der Waals surface area (Å²) in [5, 5.41) is 2.77. The van der Waals surface area contributed by atoms with Gasteiger partial charge in [-0.05, 0) is 29.8 Å². The minimum Gasteiger partial charge on any atom is -0.493 e. The number of sulfonamides is 1. The first-order valence-electron chi connectivity index (χ1n) is 9.08. The summed E-state index contributed by atoms with van der Waals surface area (Å²) in [6.07, 6.45) is 0.108. The molecule has 1 N–H and O–H groups in total. The van der Waals surface area contributed by atoms with E-state index in [1.807, 2.05) is 0 Å². The van der Waals surface area contributed by atoms with Crippen molar-refractivity contribution in [3.63, 3.8) is 0 Å². The first kappa shape index (κ1) is 21.6. The number of amides is 1. The number of hydrogen-bond acceptors (Lipinski definition) is 7. The average molecular weight is 436 g/mol. The van der Waals surface area contributed by atoms with Gasteiger partial charge in [-0.1, -0.05) is 12.1 Å². The van der Waals surface area contributed by atoms with E-state index < -0.39 is 22.0 Å². The van der Waals surface area contributed by atoms with E-state index in [4.69, 9.17) is 18.9 Å². The van der Waals surface area contributed by atoms with E-state index in [-0.39, 0.29) is 13.1 Å². The van der Waals surface area contributed by atoms with Gasteiger partial charge in [0.1, 0.15) is 5.75 Å². The number of ether oxygens (including phenoxy) is 4. The van der Waals surface area contributed by atoms with Gasteiger partial charge in [-0.3, -0.25) is 9.10 Å². The van der Waals surface area contributed by atoms with Crippen molar-refractivity contribution in [1.29, 1.82) is 0 Å². The van der Waals surface area contributed by atoms with E-state index in [0.717, 1.165) is 6.26 Å². The number of nitrogens with one attached hydrogen (secondary N) is 1.